The van der Waals surface area contributed by atoms with Crippen LogP contribution in [0.15, 0.2) is 66.7 Å². The lowest BCUT2D eigenvalue weighted by Gasteiger charge is -2.26. The lowest BCUT2D eigenvalue weighted by molar-refractivity contribution is 0.0789. The Labute approximate surface area is 176 Å². The zero-order valence-electron chi connectivity index (χ0n) is 16.2. The van der Waals surface area contributed by atoms with E-state index in [0.29, 0.717) is 29.4 Å². The van der Waals surface area contributed by atoms with E-state index < -0.39 is 23.1 Å². The third-order valence-corrected chi connectivity index (χ3v) is 4.66. The quantitative estimate of drug-likeness (QED) is 0.654. The van der Waals surface area contributed by atoms with Crippen LogP contribution in [0.3, 0.4) is 0 Å². The third-order valence-electron chi connectivity index (χ3n) is 4.66. The molecule has 31 heavy (non-hydrogen) atoms. The van der Waals surface area contributed by atoms with Crippen LogP contribution < -0.4 is 20.1 Å². The second-order valence-electron chi connectivity index (χ2n) is 6.84. The summed E-state index contributed by atoms with van der Waals surface area (Å²) in [5.41, 5.74) is 0.302. The van der Waals surface area contributed by atoms with Crippen LogP contribution >= 0.6 is 0 Å². The fraction of sp³-hybridized carbons (Fsp3) is 0.130. The molecule has 1 aliphatic heterocycles. The normalized spacial score (nSPS) is 14.6. The maximum atomic E-state index is 13.7. The van der Waals surface area contributed by atoms with Gasteiger partial charge in [0.25, 0.3) is 11.8 Å². The fourth-order valence-corrected chi connectivity index (χ4v) is 3.05. The van der Waals surface area contributed by atoms with E-state index in [4.69, 9.17) is 9.47 Å². The summed E-state index contributed by atoms with van der Waals surface area (Å²) in [5, 5.41) is 5.25. The summed E-state index contributed by atoms with van der Waals surface area (Å²) < 4.78 is 38.4. The van der Waals surface area contributed by atoms with Crippen molar-refractivity contribution in [3.05, 3.63) is 89.5 Å². The number of nitrogens with one attached hydrogen (secondary N) is 2. The maximum absolute atomic E-state index is 13.7. The van der Waals surface area contributed by atoms with E-state index in [9.17, 15) is 18.4 Å². The van der Waals surface area contributed by atoms with E-state index in [1.165, 1.54) is 36.4 Å². The number of amides is 2. The van der Waals surface area contributed by atoms with E-state index in [-0.39, 0.29) is 18.6 Å². The minimum Gasteiger partial charge on any atom is -0.486 e. The topological polar surface area (TPSA) is 76.7 Å². The Morgan fingerprint density at radius 1 is 0.903 bits per heavy atom. The van der Waals surface area contributed by atoms with Crippen molar-refractivity contribution >= 4 is 17.5 Å². The number of rotatable bonds is 5. The van der Waals surface area contributed by atoms with Gasteiger partial charge in [0.15, 0.2) is 23.1 Å². The Morgan fingerprint density at radius 3 is 2.42 bits per heavy atom. The molecule has 1 atom stereocenters. The minimum absolute atomic E-state index is 0.254. The molecule has 8 heteroatoms. The SMILES string of the molecule is O=C(NCC1COc2ccccc2O1)c1ccc(NC(=O)c2cccc(F)c2F)cc1. The summed E-state index contributed by atoms with van der Waals surface area (Å²) >= 11 is 0. The van der Waals surface area contributed by atoms with E-state index in [0.717, 1.165) is 6.07 Å². The van der Waals surface area contributed by atoms with Gasteiger partial charge in [-0.05, 0) is 48.5 Å². The molecule has 1 aliphatic rings. The highest BCUT2D eigenvalue weighted by molar-refractivity contribution is 6.04. The summed E-state index contributed by atoms with van der Waals surface area (Å²) in [6.45, 7) is 0.573. The lowest BCUT2D eigenvalue weighted by Crippen LogP contribution is -2.40. The molecule has 0 radical (unpaired) electrons. The van der Waals surface area contributed by atoms with Crippen molar-refractivity contribution in [3.8, 4) is 11.5 Å². The van der Waals surface area contributed by atoms with Gasteiger partial charge in [-0.2, -0.15) is 0 Å². The van der Waals surface area contributed by atoms with Crippen molar-refractivity contribution < 1.29 is 27.8 Å². The summed E-state index contributed by atoms with van der Waals surface area (Å²) in [5.74, 6) is -2.13. The summed E-state index contributed by atoms with van der Waals surface area (Å²) in [7, 11) is 0. The molecule has 2 N–H and O–H groups in total. The van der Waals surface area contributed by atoms with E-state index in [1.807, 2.05) is 18.2 Å². The number of carbonyl (C=O) groups is 2. The number of hydrogen-bond acceptors (Lipinski definition) is 4. The molecule has 3 aromatic carbocycles. The first-order valence-electron chi connectivity index (χ1n) is 9.53. The Hall–Kier alpha value is -3.94. The summed E-state index contributed by atoms with van der Waals surface area (Å²) in [6, 6.07) is 16.7. The van der Waals surface area contributed by atoms with Crippen LogP contribution in [0, 0.1) is 11.6 Å². The van der Waals surface area contributed by atoms with Crippen molar-refractivity contribution in [1.29, 1.82) is 0 Å². The lowest BCUT2D eigenvalue weighted by atomic mass is 10.1. The zero-order valence-corrected chi connectivity index (χ0v) is 16.2. The highest BCUT2D eigenvalue weighted by Gasteiger charge is 2.21. The van der Waals surface area contributed by atoms with Gasteiger partial charge in [0, 0.05) is 11.3 Å². The number of para-hydroxylation sites is 2. The highest BCUT2D eigenvalue weighted by atomic mass is 19.2. The van der Waals surface area contributed by atoms with Crippen LogP contribution in [0.1, 0.15) is 20.7 Å². The van der Waals surface area contributed by atoms with Crippen molar-refractivity contribution in [2.24, 2.45) is 0 Å². The van der Waals surface area contributed by atoms with Gasteiger partial charge in [0.2, 0.25) is 0 Å². The van der Waals surface area contributed by atoms with Crippen LogP contribution in [0.5, 0.6) is 11.5 Å². The molecule has 0 fully saturated rings. The standard InChI is InChI=1S/C23H18F2N2O4/c24-18-5-3-4-17(21(18)25)23(29)27-15-10-8-14(9-11-15)22(28)26-12-16-13-30-19-6-1-2-7-20(19)31-16/h1-11,16H,12-13H2,(H,26,28)(H,27,29). The number of ether oxygens (including phenoxy) is 2. The molecule has 4 rings (SSSR count). The fourth-order valence-electron chi connectivity index (χ4n) is 3.05. The molecule has 2 amide bonds. The predicted octanol–water partition coefficient (Wildman–Crippen LogP) is 3.79. The van der Waals surface area contributed by atoms with Crippen molar-refractivity contribution in [3.63, 3.8) is 0 Å². The van der Waals surface area contributed by atoms with Crippen LogP contribution in [0.2, 0.25) is 0 Å². The largest absolute Gasteiger partial charge is 0.486 e. The monoisotopic (exact) mass is 424 g/mol. The molecule has 1 heterocycles. The molecule has 158 valence electrons. The maximum Gasteiger partial charge on any atom is 0.258 e. The molecule has 6 nitrogen and oxygen atoms in total. The summed E-state index contributed by atoms with van der Waals surface area (Å²) in [4.78, 5) is 24.5. The number of halogens is 2. The van der Waals surface area contributed by atoms with Gasteiger partial charge in [0.05, 0.1) is 12.1 Å². The smallest absolute Gasteiger partial charge is 0.258 e. The van der Waals surface area contributed by atoms with Crippen LogP contribution in [-0.4, -0.2) is 31.1 Å². The second kappa shape index (κ2) is 8.83. The van der Waals surface area contributed by atoms with Crippen LogP contribution in [-0.2, 0) is 0 Å². The Morgan fingerprint density at radius 2 is 1.65 bits per heavy atom. The molecule has 0 saturated heterocycles. The molecule has 0 spiro atoms. The van der Waals surface area contributed by atoms with Gasteiger partial charge >= 0.3 is 0 Å². The Bertz CT molecular complexity index is 1120. The number of carbonyl (C=O) groups excluding carboxylic acids is 2. The molecule has 0 bridgehead atoms. The van der Waals surface area contributed by atoms with Gasteiger partial charge in [-0.3, -0.25) is 9.59 Å². The van der Waals surface area contributed by atoms with E-state index >= 15 is 0 Å². The van der Waals surface area contributed by atoms with E-state index in [1.54, 1.807) is 6.07 Å². The second-order valence-corrected chi connectivity index (χ2v) is 6.84. The van der Waals surface area contributed by atoms with Gasteiger partial charge < -0.3 is 20.1 Å². The van der Waals surface area contributed by atoms with Crippen LogP contribution in [0.4, 0.5) is 14.5 Å². The van der Waals surface area contributed by atoms with Crippen LogP contribution in [0.25, 0.3) is 0 Å². The molecule has 0 saturated carbocycles. The zero-order chi connectivity index (χ0) is 21.8. The van der Waals surface area contributed by atoms with Crippen molar-refractivity contribution in [2.45, 2.75) is 6.10 Å². The first kappa shape index (κ1) is 20.3. The molecule has 0 aromatic heterocycles. The molecular weight excluding hydrogens is 406 g/mol. The highest BCUT2D eigenvalue weighted by Crippen LogP contribution is 2.30. The number of benzene rings is 3. The molecular formula is C23H18F2N2O4. The van der Waals surface area contributed by atoms with Crippen molar-refractivity contribution in [1.82, 2.24) is 5.32 Å². The Kier molecular flexibility index (Phi) is 5.79. The minimum atomic E-state index is -1.22. The van der Waals surface area contributed by atoms with E-state index in [2.05, 4.69) is 10.6 Å². The number of anilines is 1. The number of fused-ring (bicyclic) bond motifs is 1. The first-order valence-corrected chi connectivity index (χ1v) is 9.53. The van der Waals surface area contributed by atoms with Crippen molar-refractivity contribution in [2.75, 3.05) is 18.5 Å². The molecule has 0 aliphatic carbocycles. The summed E-state index contributed by atoms with van der Waals surface area (Å²) in [6.07, 6.45) is -0.321. The third kappa shape index (κ3) is 4.63. The number of hydrogen-bond donors (Lipinski definition) is 2. The molecule has 3 aromatic rings. The Balaban J connectivity index is 1.32. The van der Waals surface area contributed by atoms with Gasteiger partial charge in [0.1, 0.15) is 12.7 Å². The molecule has 1 unspecified atom stereocenters. The van der Waals surface area contributed by atoms with Gasteiger partial charge in [-0.25, -0.2) is 8.78 Å². The average Bonchev–Trinajstić information content (AvgIpc) is 2.79. The van der Waals surface area contributed by atoms with Gasteiger partial charge in [-0.1, -0.05) is 18.2 Å². The first-order chi connectivity index (χ1) is 15.0. The predicted molar refractivity (Wildman–Crippen MR) is 109 cm³/mol. The van der Waals surface area contributed by atoms with Gasteiger partial charge in [-0.15, -0.1) is 0 Å². The average molecular weight is 424 g/mol.